The number of methoxy groups -OCH3 is 1. The molecule has 0 N–H and O–H groups in total. The van der Waals surface area contributed by atoms with Gasteiger partial charge in [-0.15, -0.1) is 0 Å². The van der Waals surface area contributed by atoms with Crippen LogP contribution in [0.5, 0.6) is 23.0 Å². The minimum absolute atomic E-state index is 0.0698. The first-order valence-corrected chi connectivity index (χ1v) is 9.43. The minimum Gasteiger partial charge on any atom is -0.496 e. The normalized spacial score (nSPS) is 20.6. The summed E-state index contributed by atoms with van der Waals surface area (Å²) in [7, 11) is 1.65. The topological polar surface area (TPSA) is 54.0 Å². The van der Waals surface area contributed by atoms with E-state index in [1.165, 1.54) is 0 Å². The van der Waals surface area contributed by atoms with Crippen LogP contribution in [0.3, 0.4) is 0 Å². The van der Waals surface area contributed by atoms with E-state index >= 15 is 0 Å². The number of ether oxygens (including phenoxy) is 4. The lowest BCUT2D eigenvalue weighted by Gasteiger charge is -2.32. The SMILES string of the molecule is CCCc1cc2c(cc1OC)O[C@@H](C)[C@H](c1ccc3c(c1)OCCO3)C2=O. The number of carbonyl (C=O) groups is 1. The summed E-state index contributed by atoms with van der Waals surface area (Å²) in [6, 6.07) is 9.47. The second kappa shape index (κ2) is 7.14. The zero-order valence-corrected chi connectivity index (χ0v) is 15.9. The van der Waals surface area contributed by atoms with Crippen molar-refractivity contribution in [3.8, 4) is 23.0 Å². The van der Waals surface area contributed by atoms with Crippen LogP contribution in [0.2, 0.25) is 0 Å². The Morgan fingerprint density at radius 1 is 1.07 bits per heavy atom. The third kappa shape index (κ3) is 3.11. The summed E-state index contributed by atoms with van der Waals surface area (Å²) < 4.78 is 22.9. The maximum Gasteiger partial charge on any atom is 0.177 e. The average Bonchev–Trinajstić information content (AvgIpc) is 2.68. The number of aryl methyl sites for hydroxylation is 1. The van der Waals surface area contributed by atoms with Crippen LogP contribution in [0.25, 0.3) is 0 Å². The van der Waals surface area contributed by atoms with Crippen molar-refractivity contribution in [2.75, 3.05) is 20.3 Å². The van der Waals surface area contributed by atoms with Crippen molar-refractivity contribution in [2.24, 2.45) is 0 Å². The van der Waals surface area contributed by atoms with Crippen molar-refractivity contribution in [1.29, 1.82) is 0 Å². The van der Waals surface area contributed by atoms with Gasteiger partial charge in [-0.2, -0.15) is 0 Å². The molecular formula is C22H24O5. The van der Waals surface area contributed by atoms with Crippen molar-refractivity contribution >= 4 is 5.78 Å². The van der Waals surface area contributed by atoms with Gasteiger partial charge in [-0.3, -0.25) is 4.79 Å². The van der Waals surface area contributed by atoms with E-state index in [4.69, 9.17) is 18.9 Å². The molecule has 0 saturated heterocycles. The van der Waals surface area contributed by atoms with Gasteiger partial charge in [-0.05, 0) is 42.7 Å². The number of Topliss-reactive ketones (excluding diaryl/α,β-unsaturated/α-hetero) is 1. The summed E-state index contributed by atoms with van der Waals surface area (Å²) in [6.45, 7) is 5.10. The Balaban J connectivity index is 1.73. The number of hydrogen-bond donors (Lipinski definition) is 0. The van der Waals surface area contributed by atoms with Gasteiger partial charge >= 0.3 is 0 Å². The van der Waals surface area contributed by atoms with Crippen LogP contribution in [0.4, 0.5) is 0 Å². The molecule has 2 aromatic carbocycles. The molecule has 0 aliphatic carbocycles. The smallest absolute Gasteiger partial charge is 0.177 e. The Bertz CT molecular complexity index is 873. The molecular weight excluding hydrogens is 344 g/mol. The van der Waals surface area contributed by atoms with Crippen LogP contribution < -0.4 is 18.9 Å². The molecule has 2 aliphatic heterocycles. The molecule has 5 nitrogen and oxygen atoms in total. The largest absolute Gasteiger partial charge is 0.496 e. The third-order valence-electron chi connectivity index (χ3n) is 5.16. The number of rotatable bonds is 4. The molecule has 0 bridgehead atoms. The molecule has 0 aromatic heterocycles. The van der Waals surface area contributed by atoms with E-state index in [2.05, 4.69) is 6.92 Å². The molecule has 5 heteroatoms. The van der Waals surface area contributed by atoms with Crippen LogP contribution in [0, 0.1) is 0 Å². The van der Waals surface area contributed by atoms with Gasteiger partial charge in [0.1, 0.15) is 30.8 Å². The molecule has 142 valence electrons. The summed E-state index contributed by atoms with van der Waals surface area (Å²) in [5, 5.41) is 0. The zero-order chi connectivity index (χ0) is 19.0. The Hall–Kier alpha value is -2.69. The molecule has 2 heterocycles. The van der Waals surface area contributed by atoms with E-state index in [1.54, 1.807) is 7.11 Å². The van der Waals surface area contributed by atoms with Crippen LogP contribution in [0.15, 0.2) is 30.3 Å². The van der Waals surface area contributed by atoms with Crippen LogP contribution >= 0.6 is 0 Å². The van der Waals surface area contributed by atoms with E-state index in [-0.39, 0.29) is 17.8 Å². The van der Waals surface area contributed by atoms with Gasteiger partial charge in [0.05, 0.1) is 18.6 Å². The number of benzene rings is 2. The Kier molecular flexibility index (Phi) is 4.68. The predicted molar refractivity (Wildman–Crippen MR) is 102 cm³/mol. The third-order valence-corrected chi connectivity index (χ3v) is 5.16. The van der Waals surface area contributed by atoms with Crippen molar-refractivity contribution in [1.82, 2.24) is 0 Å². The van der Waals surface area contributed by atoms with Gasteiger partial charge in [0.15, 0.2) is 17.3 Å². The Labute approximate surface area is 159 Å². The quantitative estimate of drug-likeness (QED) is 0.811. The fraction of sp³-hybridized carbons (Fsp3) is 0.409. The van der Waals surface area contributed by atoms with E-state index in [9.17, 15) is 4.79 Å². The predicted octanol–water partition coefficient (Wildman–Crippen LogP) is 4.17. The minimum atomic E-state index is -0.379. The van der Waals surface area contributed by atoms with Crippen molar-refractivity contribution in [3.63, 3.8) is 0 Å². The number of ketones is 1. The molecule has 0 fully saturated rings. The van der Waals surface area contributed by atoms with E-state index in [0.29, 0.717) is 30.3 Å². The van der Waals surface area contributed by atoms with Crippen LogP contribution in [0.1, 0.15) is 47.7 Å². The van der Waals surface area contributed by atoms with Crippen molar-refractivity contribution < 1.29 is 23.7 Å². The molecule has 0 spiro atoms. The average molecular weight is 368 g/mol. The highest BCUT2D eigenvalue weighted by atomic mass is 16.6. The summed E-state index contributed by atoms with van der Waals surface area (Å²) >= 11 is 0. The maximum absolute atomic E-state index is 13.4. The Morgan fingerprint density at radius 2 is 1.85 bits per heavy atom. The van der Waals surface area contributed by atoms with E-state index in [0.717, 1.165) is 35.5 Å². The number of carbonyl (C=O) groups excluding carboxylic acids is 1. The first-order chi connectivity index (χ1) is 13.1. The fourth-order valence-electron chi connectivity index (χ4n) is 3.88. The van der Waals surface area contributed by atoms with Gasteiger partial charge in [0.2, 0.25) is 0 Å². The number of hydrogen-bond acceptors (Lipinski definition) is 5. The van der Waals surface area contributed by atoms with Crippen LogP contribution in [-0.2, 0) is 6.42 Å². The van der Waals surface area contributed by atoms with Gasteiger partial charge < -0.3 is 18.9 Å². The zero-order valence-electron chi connectivity index (χ0n) is 15.9. The second-order valence-corrected chi connectivity index (χ2v) is 6.98. The summed E-state index contributed by atoms with van der Waals surface area (Å²) in [6.07, 6.45) is 1.55. The summed E-state index contributed by atoms with van der Waals surface area (Å²) in [4.78, 5) is 13.4. The summed E-state index contributed by atoms with van der Waals surface area (Å²) in [5.74, 6) is 2.46. The van der Waals surface area contributed by atoms with E-state index < -0.39 is 0 Å². The Morgan fingerprint density at radius 3 is 2.59 bits per heavy atom. The number of fused-ring (bicyclic) bond motifs is 2. The first-order valence-electron chi connectivity index (χ1n) is 9.43. The fourth-order valence-corrected chi connectivity index (χ4v) is 3.88. The molecule has 0 radical (unpaired) electrons. The van der Waals surface area contributed by atoms with Gasteiger partial charge in [0.25, 0.3) is 0 Å². The maximum atomic E-state index is 13.4. The lowest BCUT2D eigenvalue weighted by molar-refractivity contribution is 0.0809. The highest BCUT2D eigenvalue weighted by Crippen LogP contribution is 2.42. The molecule has 0 unspecified atom stereocenters. The lowest BCUT2D eigenvalue weighted by atomic mass is 9.83. The molecule has 0 saturated carbocycles. The molecule has 4 rings (SSSR count). The highest BCUT2D eigenvalue weighted by Gasteiger charge is 2.37. The molecule has 2 aliphatic rings. The van der Waals surface area contributed by atoms with Crippen LogP contribution in [-0.4, -0.2) is 32.2 Å². The lowest BCUT2D eigenvalue weighted by Crippen LogP contribution is -2.34. The molecule has 27 heavy (non-hydrogen) atoms. The molecule has 0 amide bonds. The highest BCUT2D eigenvalue weighted by molar-refractivity contribution is 6.05. The van der Waals surface area contributed by atoms with E-state index in [1.807, 2.05) is 37.3 Å². The molecule has 2 atom stereocenters. The van der Waals surface area contributed by atoms with Gasteiger partial charge in [0, 0.05) is 6.07 Å². The first kappa shape index (κ1) is 17.7. The van der Waals surface area contributed by atoms with Gasteiger partial charge in [-0.1, -0.05) is 19.4 Å². The molecule has 2 aromatic rings. The van der Waals surface area contributed by atoms with Gasteiger partial charge in [-0.25, -0.2) is 0 Å². The van der Waals surface area contributed by atoms with Crippen molar-refractivity contribution in [3.05, 3.63) is 47.0 Å². The summed E-state index contributed by atoms with van der Waals surface area (Å²) in [5.41, 5.74) is 2.54. The second-order valence-electron chi connectivity index (χ2n) is 6.98. The monoisotopic (exact) mass is 368 g/mol. The standard InChI is InChI=1S/C22H24O5/c1-4-5-14-10-16-19(12-18(14)24-3)27-13(2)21(22(16)23)15-6-7-17-20(11-15)26-9-8-25-17/h6-7,10-13,21H,4-5,8-9H2,1-3H3/t13-,21+/m0/s1. The van der Waals surface area contributed by atoms with Crippen molar-refractivity contribution in [2.45, 2.75) is 38.7 Å².